The summed E-state index contributed by atoms with van der Waals surface area (Å²) in [4.78, 5) is 21.2. The molecule has 0 aliphatic carbocycles. The van der Waals surface area contributed by atoms with Crippen LogP contribution < -0.4 is 10.5 Å². The number of nitrogens with zero attached hydrogens (tertiary/aromatic N) is 4. The van der Waals surface area contributed by atoms with Crippen LogP contribution in [0, 0.1) is 6.92 Å². The van der Waals surface area contributed by atoms with Crippen molar-refractivity contribution < 1.29 is 13.9 Å². The number of oxazole rings is 1. The summed E-state index contributed by atoms with van der Waals surface area (Å²) in [7, 11) is 1.54. The van der Waals surface area contributed by atoms with E-state index in [1.54, 1.807) is 56.6 Å². The Bertz CT molecular complexity index is 1110. The van der Waals surface area contributed by atoms with Crippen LogP contribution >= 0.6 is 0 Å². The van der Waals surface area contributed by atoms with E-state index < -0.39 is 0 Å². The topological polar surface area (TPSA) is 109 Å². The van der Waals surface area contributed by atoms with Crippen molar-refractivity contribution in [3.8, 4) is 17.1 Å². The number of pyridine rings is 1. The number of ether oxygens (including phenoxy) is 1. The second-order valence-corrected chi connectivity index (χ2v) is 5.68. The zero-order chi connectivity index (χ0) is 18.3. The summed E-state index contributed by atoms with van der Waals surface area (Å²) in [5.41, 5.74) is 8.91. The van der Waals surface area contributed by atoms with E-state index in [4.69, 9.17) is 14.9 Å². The molecule has 4 rings (SSSR count). The van der Waals surface area contributed by atoms with Gasteiger partial charge in [0, 0.05) is 36.4 Å². The van der Waals surface area contributed by atoms with Gasteiger partial charge < -0.3 is 14.9 Å². The molecule has 26 heavy (non-hydrogen) atoms. The van der Waals surface area contributed by atoms with Crippen molar-refractivity contribution in [1.82, 2.24) is 19.7 Å². The van der Waals surface area contributed by atoms with Gasteiger partial charge in [0.2, 0.25) is 5.88 Å². The molecule has 0 saturated heterocycles. The normalized spacial score (nSPS) is 11.0. The standard InChI is InChI=1S/C18H15N5O3/c1-10-21-14-7-11(3-5-15(14)26-10)18(24)23-16(19)8-13(22-23)12-4-6-17(25-2)20-9-12/h3-9H,19H2,1-2H3. The second kappa shape index (κ2) is 5.99. The minimum absolute atomic E-state index is 0.234. The van der Waals surface area contributed by atoms with Crippen LogP contribution in [-0.2, 0) is 0 Å². The molecule has 130 valence electrons. The largest absolute Gasteiger partial charge is 0.481 e. The third-order valence-corrected chi connectivity index (χ3v) is 3.91. The molecule has 0 aliphatic rings. The number of rotatable bonds is 3. The zero-order valence-corrected chi connectivity index (χ0v) is 14.1. The molecule has 0 saturated carbocycles. The van der Waals surface area contributed by atoms with Crippen molar-refractivity contribution >= 4 is 22.8 Å². The summed E-state index contributed by atoms with van der Waals surface area (Å²) in [5, 5.41) is 4.31. The van der Waals surface area contributed by atoms with E-state index in [2.05, 4.69) is 15.1 Å². The first-order valence-corrected chi connectivity index (χ1v) is 7.83. The molecule has 8 heteroatoms. The molecule has 3 heterocycles. The predicted octanol–water partition coefficient (Wildman–Crippen LogP) is 2.67. The van der Waals surface area contributed by atoms with E-state index in [9.17, 15) is 4.79 Å². The number of hydrogen-bond acceptors (Lipinski definition) is 7. The Hall–Kier alpha value is -3.68. The quantitative estimate of drug-likeness (QED) is 0.605. The Kier molecular flexibility index (Phi) is 3.65. The average molecular weight is 349 g/mol. The van der Waals surface area contributed by atoms with Crippen LogP contribution in [0.1, 0.15) is 16.2 Å². The van der Waals surface area contributed by atoms with Gasteiger partial charge in [-0.2, -0.15) is 9.78 Å². The van der Waals surface area contributed by atoms with Crippen LogP contribution in [0.15, 0.2) is 47.0 Å². The number of anilines is 1. The van der Waals surface area contributed by atoms with Crippen LogP contribution in [0.5, 0.6) is 5.88 Å². The number of fused-ring (bicyclic) bond motifs is 1. The van der Waals surface area contributed by atoms with E-state index >= 15 is 0 Å². The van der Waals surface area contributed by atoms with E-state index in [1.807, 2.05) is 0 Å². The minimum Gasteiger partial charge on any atom is -0.481 e. The molecule has 0 bridgehead atoms. The van der Waals surface area contributed by atoms with Crippen LogP contribution in [0.25, 0.3) is 22.4 Å². The number of nitrogen functional groups attached to an aromatic ring is 1. The van der Waals surface area contributed by atoms with Gasteiger partial charge in [0.25, 0.3) is 5.91 Å². The summed E-state index contributed by atoms with van der Waals surface area (Å²) < 4.78 is 11.6. The minimum atomic E-state index is -0.349. The van der Waals surface area contributed by atoms with Crippen LogP contribution in [0.3, 0.4) is 0 Å². The summed E-state index contributed by atoms with van der Waals surface area (Å²) in [6.07, 6.45) is 1.61. The molecule has 0 atom stereocenters. The maximum atomic E-state index is 12.8. The van der Waals surface area contributed by atoms with E-state index in [0.29, 0.717) is 34.1 Å². The summed E-state index contributed by atoms with van der Waals surface area (Å²) in [6.45, 7) is 1.75. The molecular formula is C18H15N5O3. The molecule has 0 unspecified atom stereocenters. The molecular weight excluding hydrogens is 334 g/mol. The fourth-order valence-corrected chi connectivity index (χ4v) is 2.65. The highest BCUT2D eigenvalue weighted by Gasteiger charge is 2.17. The van der Waals surface area contributed by atoms with Gasteiger partial charge in [0.05, 0.1) is 12.8 Å². The first kappa shape index (κ1) is 15.8. The zero-order valence-electron chi connectivity index (χ0n) is 14.1. The molecule has 0 aliphatic heterocycles. The third kappa shape index (κ3) is 2.67. The number of aryl methyl sites for hydroxylation is 1. The Labute approximate surface area is 148 Å². The van der Waals surface area contributed by atoms with Gasteiger partial charge in [-0.05, 0) is 24.3 Å². The fraction of sp³-hybridized carbons (Fsp3) is 0.111. The summed E-state index contributed by atoms with van der Waals surface area (Å²) in [6, 6.07) is 10.2. The van der Waals surface area contributed by atoms with Crippen LogP contribution in [0.2, 0.25) is 0 Å². The molecule has 3 aromatic heterocycles. The molecule has 0 fully saturated rings. The lowest BCUT2D eigenvalue weighted by atomic mass is 10.2. The first-order chi connectivity index (χ1) is 12.5. The molecule has 0 radical (unpaired) electrons. The Morgan fingerprint density at radius 3 is 2.81 bits per heavy atom. The highest BCUT2D eigenvalue weighted by atomic mass is 16.5. The lowest BCUT2D eigenvalue weighted by Gasteiger charge is -2.02. The van der Waals surface area contributed by atoms with Gasteiger partial charge >= 0.3 is 0 Å². The van der Waals surface area contributed by atoms with Gasteiger partial charge in [-0.3, -0.25) is 4.79 Å². The van der Waals surface area contributed by atoms with E-state index in [-0.39, 0.29) is 11.7 Å². The number of benzene rings is 1. The second-order valence-electron chi connectivity index (χ2n) is 5.68. The lowest BCUT2D eigenvalue weighted by Crippen LogP contribution is -2.16. The third-order valence-electron chi connectivity index (χ3n) is 3.91. The Balaban J connectivity index is 1.69. The first-order valence-electron chi connectivity index (χ1n) is 7.83. The average Bonchev–Trinajstić information content (AvgIpc) is 3.22. The van der Waals surface area contributed by atoms with E-state index in [1.165, 1.54) is 0 Å². The maximum Gasteiger partial charge on any atom is 0.280 e. The fourth-order valence-electron chi connectivity index (χ4n) is 2.65. The molecule has 4 aromatic rings. The Morgan fingerprint density at radius 2 is 2.08 bits per heavy atom. The van der Waals surface area contributed by atoms with Crippen molar-refractivity contribution in [1.29, 1.82) is 0 Å². The number of aromatic nitrogens is 4. The number of carbonyl (C=O) groups excluding carboxylic acids is 1. The lowest BCUT2D eigenvalue weighted by molar-refractivity contribution is 0.0948. The van der Waals surface area contributed by atoms with Gasteiger partial charge in [-0.25, -0.2) is 9.97 Å². The molecule has 0 spiro atoms. The number of nitrogens with two attached hydrogens (primary N) is 1. The van der Waals surface area contributed by atoms with E-state index in [0.717, 1.165) is 10.2 Å². The summed E-state index contributed by atoms with van der Waals surface area (Å²) >= 11 is 0. The smallest absolute Gasteiger partial charge is 0.280 e. The summed E-state index contributed by atoms with van der Waals surface area (Å²) in [5.74, 6) is 0.918. The Morgan fingerprint density at radius 1 is 1.23 bits per heavy atom. The SMILES string of the molecule is COc1ccc(-c2cc(N)n(C(=O)c3ccc4oc(C)nc4c3)n2)cn1. The number of methoxy groups -OCH3 is 1. The maximum absolute atomic E-state index is 12.8. The van der Waals surface area contributed by atoms with Crippen molar-refractivity contribution in [2.75, 3.05) is 12.8 Å². The number of hydrogen-bond donors (Lipinski definition) is 1. The predicted molar refractivity (Wildman–Crippen MR) is 94.9 cm³/mol. The van der Waals surface area contributed by atoms with Crippen molar-refractivity contribution in [2.45, 2.75) is 6.92 Å². The highest BCUT2D eigenvalue weighted by Crippen LogP contribution is 2.23. The van der Waals surface area contributed by atoms with Gasteiger partial charge in [-0.1, -0.05) is 0 Å². The van der Waals surface area contributed by atoms with Gasteiger partial charge in [0.15, 0.2) is 11.5 Å². The van der Waals surface area contributed by atoms with Crippen molar-refractivity contribution in [3.05, 3.63) is 54.0 Å². The van der Waals surface area contributed by atoms with Crippen LogP contribution in [0.4, 0.5) is 5.82 Å². The molecule has 0 amide bonds. The van der Waals surface area contributed by atoms with Crippen LogP contribution in [-0.4, -0.2) is 32.8 Å². The van der Waals surface area contributed by atoms with Gasteiger partial charge in [0.1, 0.15) is 11.3 Å². The molecule has 1 aromatic carbocycles. The molecule has 8 nitrogen and oxygen atoms in total. The molecule has 2 N–H and O–H groups in total. The van der Waals surface area contributed by atoms with Crippen molar-refractivity contribution in [2.24, 2.45) is 0 Å². The van der Waals surface area contributed by atoms with Gasteiger partial charge in [-0.15, -0.1) is 0 Å². The van der Waals surface area contributed by atoms with Crippen molar-refractivity contribution in [3.63, 3.8) is 0 Å². The highest BCUT2D eigenvalue weighted by molar-refractivity contribution is 5.99. The monoisotopic (exact) mass is 349 g/mol. The number of carbonyl (C=O) groups is 1.